The Bertz CT molecular complexity index is 504. The minimum atomic E-state index is -2.64. The van der Waals surface area contributed by atoms with Crippen molar-refractivity contribution in [2.24, 2.45) is 0 Å². The number of amides is 1. The van der Waals surface area contributed by atoms with Gasteiger partial charge in [-0.3, -0.25) is 9.59 Å². The van der Waals surface area contributed by atoms with Crippen molar-refractivity contribution in [2.45, 2.75) is 89.4 Å². The van der Waals surface area contributed by atoms with Gasteiger partial charge in [-0.2, -0.15) is 0 Å². The molecule has 0 saturated carbocycles. The van der Waals surface area contributed by atoms with Gasteiger partial charge in [0.05, 0.1) is 6.42 Å². The molecule has 1 saturated heterocycles. The molecular formula is C19H30NO6. The van der Waals surface area contributed by atoms with Gasteiger partial charge in [-0.25, -0.2) is 9.90 Å². The van der Waals surface area contributed by atoms with Crippen LogP contribution in [0.4, 0.5) is 0 Å². The molecule has 26 heavy (non-hydrogen) atoms. The lowest BCUT2D eigenvalue weighted by molar-refractivity contribution is -0.187. The van der Waals surface area contributed by atoms with E-state index in [2.05, 4.69) is 19.1 Å². The van der Waals surface area contributed by atoms with Crippen molar-refractivity contribution in [1.82, 2.24) is 5.32 Å². The normalized spacial score (nSPS) is 22.5. The van der Waals surface area contributed by atoms with E-state index in [1.54, 1.807) is 0 Å². The van der Waals surface area contributed by atoms with Crippen LogP contribution < -0.4 is 5.32 Å². The first-order chi connectivity index (χ1) is 12.4. The summed E-state index contributed by atoms with van der Waals surface area (Å²) in [6, 6.07) is 0. The summed E-state index contributed by atoms with van der Waals surface area (Å²) in [6.07, 6.45) is 12.2. The third-order valence-corrected chi connectivity index (χ3v) is 4.39. The zero-order valence-electron chi connectivity index (χ0n) is 15.5. The van der Waals surface area contributed by atoms with Gasteiger partial charge in [0.25, 0.3) is 5.72 Å². The Hall–Kier alpha value is -1.89. The van der Waals surface area contributed by atoms with Crippen LogP contribution in [0.25, 0.3) is 0 Å². The Kier molecular flexibility index (Phi) is 9.95. The molecule has 0 spiro atoms. The molecule has 1 heterocycles. The van der Waals surface area contributed by atoms with Gasteiger partial charge in [-0.1, -0.05) is 51.2 Å². The summed E-state index contributed by atoms with van der Waals surface area (Å²) in [7, 11) is 0. The third-order valence-electron chi connectivity index (χ3n) is 4.39. The van der Waals surface area contributed by atoms with Crippen molar-refractivity contribution in [3.8, 4) is 0 Å². The molecule has 1 radical (unpaired) electrons. The van der Waals surface area contributed by atoms with Crippen LogP contribution in [-0.4, -0.2) is 34.8 Å². The fourth-order valence-corrected chi connectivity index (χ4v) is 2.81. The number of hydrogen-bond donors (Lipinski definition) is 2. The number of esters is 1. The lowest BCUT2D eigenvalue weighted by Gasteiger charge is -2.23. The second kappa shape index (κ2) is 11.7. The van der Waals surface area contributed by atoms with Crippen LogP contribution in [-0.2, 0) is 24.2 Å². The maximum absolute atomic E-state index is 11.8. The van der Waals surface area contributed by atoms with E-state index < -0.39 is 29.7 Å². The van der Waals surface area contributed by atoms with E-state index >= 15 is 0 Å². The first kappa shape index (κ1) is 22.2. The first-order valence-electron chi connectivity index (χ1n) is 9.49. The Labute approximate surface area is 154 Å². The Morgan fingerprint density at radius 1 is 1.15 bits per heavy atom. The van der Waals surface area contributed by atoms with Crippen LogP contribution in [0.5, 0.6) is 0 Å². The number of hydrogen-bond acceptors (Lipinski definition) is 5. The minimum Gasteiger partial charge on any atom is -0.456 e. The fourth-order valence-electron chi connectivity index (χ4n) is 2.81. The molecule has 0 aromatic rings. The van der Waals surface area contributed by atoms with E-state index in [1.807, 2.05) is 5.32 Å². The maximum Gasteiger partial charge on any atom is 0.411 e. The molecule has 1 rings (SSSR count). The largest absolute Gasteiger partial charge is 0.456 e. The van der Waals surface area contributed by atoms with E-state index in [4.69, 9.17) is 4.74 Å². The highest BCUT2D eigenvalue weighted by Crippen LogP contribution is 2.23. The quantitative estimate of drug-likeness (QED) is 0.295. The summed E-state index contributed by atoms with van der Waals surface area (Å²) in [5, 5.41) is 22.6. The highest BCUT2D eigenvalue weighted by atomic mass is 16.6. The fraction of sp³-hybridized carbons (Fsp3) is 0.737. The Morgan fingerprint density at radius 2 is 1.77 bits per heavy atom. The number of carbonyl (C=O) groups is 3. The van der Waals surface area contributed by atoms with E-state index in [0.717, 1.165) is 38.5 Å². The number of aliphatic hydroxyl groups is 1. The van der Waals surface area contributed by atoms with Gasteiger partial charge in [-0.05, 0) is 25.7 Å². The predicted octanol–water partition coefficient (Wildman–Crippen LogP) is 2.54. The summed E-state index contributed by atoms with van der Waals surface area (Å²) < 4.78 is 4.95. The lowest BCUT2D eigenvalue weighted by Crippen LogP contribution is -2.56. The van der Waals surface area contributed by atoms with E-state index in [1.165, 1.54) is 12.8 Å². The summed E-state index contributed by atoms with van der Waals surface area (Å²) >= 11 is 0. The van der Waals surface area contributed by atoms with Crippen molar-refractivity contribution in [1.29, 1.82) is 0 Å². The Balaban J connectivity index is 2.11. The second-order valence-corrected chi connectivity index (χ2v) is 6.70. The number of unbranched alkanes of at least 4 members (excludes halogenated alkanes) is 7. The molecule has 147 valence electrons. The van der Waals surface area contributed by atoms with E-state index in [-0.39, 0.29) is 12.8 Å². The predicted molar refractivity (Wildman–Crippen MR) is 94.3 cm³/mol. The van der Waals surface area contributed by atoms with Crippen LogP contribution in [0.2, 0.25) is 0 Å². The summed E-state index contributed by atoms with van der Waals surface area (Å²) in [6.45, 7) is 2.18. The molecule has 0 bridgehead atoms. The molecule has 1 unspecified atom stereocenters. The topological polar surface area (TPSA) is 113 Å². The standard InChI is InChI=1S/C19H30NO6/c1-2-3-4-5-6-7-8-9-10-11-12-13-17(22)26-15-14-16(21)20-19(15,25)18(23)24/h5-6,15,25H,2-4,7-14H2,1H3,(H,20,21)/t15?,19-/m1/s1. The number of ether oxygens (including phenoxy) is 1. The van der Waals surface area contributed by atoms with Crippen LogP contribution in [0.1, 0.15) is 77.6 Å². The molecule has 0 aliphatic carbocycles. The second-order valence-electron chi connectivity index (χ2n) is 6.70. The van der Waals surface area contributed by atoms with Gasteiger partial charge < -0.3 is 15.2 Å². The highest BCUT2D eigenvalue weighted by molar-refractivity contribution is 5.91. The maximum atomic E-state index is 11.8. The van der Waals surface area contributed by atoms with Gasteiger partial charge in [0.2, 0.25) is 5.91 Å². The van der Waals surface area contributed by atoms with Gasteiger partial charge in [0, 0.05) is 6.42 Å². The molecule has 1 fully saturated rings. The average molecular weight is 368 g/mol. The zero-order valence-corrected chi connectivity index (χ0v) is 15.5. The highest BCUT2D eigenvalue weighted by Gasteiger charge is 2.55. The van der Waals surface area contributed by atoms with Gasteiger partial charge >= 0.3 is 11.9 Å². The van der Waals surface area contributed by atoms with Gasteiger partial charge in [-0.15, -0.1) is 0 Å². The molecule has 1 aliphatic heterocycles. The van der Waals surface area contributed by atoms with Crippen LogP contribution in [0, 0.1) is 0 Å². The molecule has 2 atom stereocenters. The zero-order chi connectivity index (χ0) is 19.4. The lowest BCUT2D eigenvalue weighted by atomic mass is 10.1. The molecular weight excluding hydrogens is 338 g/mol. The number of rotatable bonds is 13. The van der Waals surface area contributed by atoms with E-state index in [0.29, 0.717) is 6.42 Å². The molecule has 2 N–H and O–H groups in total. The van der Waals surface area contributed by atoms with Crippen molar-refractivity contribution in [3.63, 3.8) is 0 Å². The number of nitrogens with one attached hydrogen (secondary N) is 1. The van der Waals surface area contributed by atoms with Gasteiger partial charge in [0.15, 0.2) is 6.10 Å². The van der Waals surface area contributed by atoms with Gasteiger partial charge in [0.1, 0.15) is 0 Å². The summed E-state index contributed by atoms with van der Waals surface area (Å²) in [4.78, 5) is 34.0. The average Bonchev–Trinajstić information content (AvgIpc) is 2.87. The van der Waals surface area contributed by atoms with Crippen molar-refractivity contribution in [3.05, 3.63) is 12.2 Å². The SMILES string of the molecule is CCCCC=CCCCCCCCC(=O)OC1CC(=O)N[C@]1(O)C([O])=O. The molecule has 7 nitrogen and oxygen atoms in total. The van der Waals surface area contributed by atoms with Crippen LogP contribution >= 0.6 is 0 Å². The molecule has 7 heteroatoms. The number of carbonyl (C=O) groups excluding carboxylic acids is 3. The van der Waals surface area contributed by atoms with Crippen molar-refractivity contribution >= 4 is 17.8 Å². The smallest absolute Gasteiger partial charge is 0.411 e. The molecule has 1 aliphatic rings. The monoisotopic (exact) mass is 368 g/mol. The third kappa shape index (κ3) is 7.56. The van der Waals surface area contributed by atoms with Crippen molar-refractivity contribution in [2.75, 3.05) is 0 Å². The summed E-state index contributed by atoms with van der Waals surface area (Å²) in [5.41, 5.74) is -2.64. The summed E-state index contributed by atoms with van der Waals surface area (Å²) in [5.74, 6) is -3.20. The molecule has 0 aromatic carbocycles. The van der Waals surface area contributed by atoms with Crippen LogP contribution in [0.3, 0.4) is 0 Å². The van der Waals surface area contributed by atoms with E-state index in [9.17, 15) is 24.6 Å². The van der Waals surface area contributed by atoms with Crippen molar-refractivity contribution < 1.29 is 29.3 Å². The number of allylic oxidation sites excluding steroid dienone is 2. The molecule has 0 aromatic heterocycles. The first-order valence-corrected chi connectivity index (χ1v) is 9.49. The molecule has 1 amide bonds. The van der Waals surface area contributed by atoms with Crippen LogP contribution in [0.15, 0.2) is 12.2 Å². The minimum absolute atomic E-state index is 0.130. The Morgan fingerprint density at radius 3 is 2.42 bits per heavy atom.